The summed E-state index contributed by atoms with van der Waals surface area (Å²) in [5, 5.41) is 15.1. The lowest BCUT2D eigenvalue weighted by Crippen LogP contribution is -2.45. The molecule has 1 aromatic carbocycles. The lowest BCUT2D eigenvalue weighted by molar-refractivity contribution is -0.123. The van der Waals surface area contributed by atoms with Crippen LogP contribution >= 0.6 is 0 Å². The highest BCUT2D eigenvalue weighted by Gasteiger charge is 2.28. The van der Waals surface area contributed by atoms with Crippen molar-refractivity contribution in [3.63, 3.8) is 0 Å². The van der Waals surface area contributed by atoms with Crippen molar-refractivity contribution in [2.75, 3.05) is 0 Å². The van der Waals surface area contributed by atoms with Crippen molar-refractivity contribution in [2.24, 2.45) is 11.8 Å². The summed E-state index contributed by atoms with van der Waals surface area (Å²) in [6.45, 7) is 4.46. The molecule has 6 nitrogen and oxygen atoms in total. The van der Waals surface area contributed by atoms with Gasteiger partial charge in [0.15, 0.2) is 0 Å². The second kappa shape index (κ2) is 7.07. The van der Waals surface area contributed by atoms with Crippen molar-refractivity contribution < 1.29 is 9.18 Å². The summed E-state index contributed by atoms with van der Waals surface area (Å²) in [5.41, 5.74) is 0.665. The van der Waals surface area contributed by atoms with Gasteiger partial charge >= 0.3 is 0 Å². The van der Waals surface area contributed by atoms with E-state index in [1.807, 2.05) is 0 Å². The molecule has 2 aromatic rings. The van der Waals surface area contributed by atoms with E-state index in [1.54, 1.807) is 12.1 Å². The Bertz CT molecular complexity index is 699. The fraction of sp³-hybridized carbons (Fsp3) is 0.529. The van der Waals surface area contributed by atoms with E-state index in [-0.39, 0.29) is 24.3 Å². The predicted molar refractivity (Wildman–Crippen MR) is 87.3 cm³/mol. The molecule has 1 saturated carbocycles. The van der Waals surface area contributed by atoms with Crippen molar-refractivity contribution >= 4 is 5.91 Å². The molecule has 1 N–H and O–H groups in total. The zero-order valence-electron chi connectivity index (χ0n) is 13.9. The van der Waals surface area contributed by atoms with Crippen LogP contribution in [0.25, 0.3) is 11.4 Å². The third-order valence-electron chi connectivity index (χ3n) is 4.89. The highest BCUT2D eigenvalue weighted by molar-refractivity contribution is 5.75. The Kier molecular flexibility index (Phi) is 4.87. The van der Waals surface area contributed by atoms with Gasteiger partial charge in [-0.1, -0.05) is 26.7 Å². The van der Waals surface area contributed by atoms with Gasteiger partial charge in [-0.05, 0) is 47.7 Å². The minimum Gasteiger partial charge on any atom is -0.351 e. The molecule has 0 spiro atoms. The van der Waals surface area contributed by atoms with Crippen LogP contribution < -0.4 is 5.32 Å². The fourth-order valence-electron chi connectivity index (χ4n) is 3.19. The van der Waals surface area contributed by atoms with Crippen molar-refractivity contribution in [3.05, 3.63) is 30.1 Å². The van der Waals surface area contributed by atoms with Crippen LogP contribution in [0.5, 0.6) is 0 Å². The lowest BCUT2D eigenvalue weighted by Gasteiger charge is -2.34. The third-order valence-corrected chi connectivity index (χ3v) is 4.89. The Hall–Kier alpha value is -2.31. The van der Waals surface area contributed by atoms with Crippen LogP contribution in [-0.2, 0) is 11.3 Å². The number of halogens is 1. The minimum absolute atomic E-state index is 0.0335. The number of amides is 1. The van der Waals surface area contributed by atoms with E-state index in [9.17, 15) is 9.18 Å². The largest absolute Gasteiger partial charge is 0.351 e. The van der Waals surface area contributed by atoms with Crippen molar-refractivity contribution in [1.29, 1.82) is 0 Å². The lowest BCUT2D eigenvalue weighted by atomic mass is 9.78. The maximum atomic E-state index is 12.9. The second-order valence-electron chi connectivity index (χ2n) is 6.59. The average Bonchev–Trinajstić information content (AvgIpc) is 3.01. The maximum absolute atomic E-state index is 12.9. The number of hydrogen-bond acceptors (Lipinski definition) is 4. The predicted octanol–water partition coefficient (Wildman–Crippen LogP) is 2.42. The Balaban J connectivity index is 1.60. The molecule has 1 aliphatic carbocycles. The van der Waals surface area contributed by atoms with Gasteiger partial charge in [-0.15, -0.1) is 10.2 Å². The highest BCUT2D eigenvalue weighted by atomic mass is 19.1. The number of benzene rings is 1. The minimum atomic E-state index is -0.318. The standard InChI is InChI=1S/C17H22FN5O/c1-11-4-3-5-15(12(11)2)19-16(24)10-23-21-17(20-22-23)13-6-8-14(18)9-7-13/h6-9,11-12,15H,3-5,10H2,1-2H3,(H,19,24). The molecule has 0 aliphatic heterocycles. The molecule has 3 rings (SSSR count). The summed E-state index contributed by atoms with van der Waals surface area (Å²) in [6.07, 6.45) is 3.38. The second-order valence-corrected chi connectivity index (χ2v) is 6.59. The first-order valence-corrected chi connectivity index (χ1v) is 8.36. The van der Waals surface area contributed by atoms with E-state index in [0.717, 1.165) is 12.8 Å². The molecule has 7 heteroatoms. The molecule has 1 fully saturated rings. The van der Waals surface area contributed by atoms with Crippen molar-refractivity contribution in [1.82, 2.24) is 25.5 Å². The van der Waals surface area contributed by atoms with Crippen LogP contribution in [0.4, 0.5) is 4.39 Å². The molecule has 1 aromatic heterocycles. The van der Waals surface area contributed by atoms with Gasteiger partial charge in [0, 0.05) is 11.6 Å². The number of hydrogen-bond donors (Lipinski definition) is 1. The molecule has 0 saturated heterocycles. The van der Waals surface area contributed by atoms with Gasteiger partial charge in [0.25, 0.3) is 0 Å². The zero-order valence-corrected chi connectivity index (χ0v) is 13.9. The molecule has 1 aliphatic rings. The molecule has 24 heavy (non-hydrogen) atoms. The molecule has 0 radical (unpaired) electrons. The number of rotatable bonds is 4. The SMILES string of the molecule is CC1CCCC(NC(=O)Cn2nnc(-c3ccc(F)cc3)n2)C1C. The van der Waals surface area contributed by atoms with Gasteiger partial charge < -0.3 is 5.32 Å². The van der Waals surface area contributed by atoms with E-state index >= 15 is 0 Å². The maximum Gasteiger partial charge on any atom is 0.243 e. The summed E-state index contributed by atoms with van der Waals surface area (Å²) >= 11 is 0. The molecular weight excluding hydrogens is 309 g/mol. The Morgan fingerprint density at radius 2 is 2.04 bits per heavy atom. The van der Waals surface area contributed by atoms with Gasteiger partial charge in [0.1, 0.15) is 12.4 Å². The normalized spacial score (nSPS) is 23.9. The number of carbonyl (C=O) groups is 1. The van der Waals surface area contributed by atoms with Gasteiger partial charge in [0.2, 0.25) is 11.7 Å². The average molecular weight is 331 g/mol. The summed E-state index contributed by atoms with van der Waals surface area (Å²) in [5.74, 6) is 1.05. The number of nitrogens with zero attached hydrogens (tertiary/aromatic N) is 4. The van der Waals surface area contributed by atoms with Crippen LogP contribution in [0.2, 0.25) is 0 Å². The van der Waals surface area contributed by atoms with E-state index in [1.165, 1.54) is 23.4 Å². The summed E-state index contributed by atoms with van der Waals surface area (Å²) in [4.78, 5) is 13.5. The zero-order chi connectivity index (χ0) is 17.1. The topological polar surface area (TPSA) is 72.7 Å². The van der Waals surface area contributed by atoms with Crippen LogP contribution in [0.1, 0.15) is 33.1 Å². The first kappa shape index (κ1) is 16.5. The molecule has 128 valence electrons. The molecule has 3 unspecified atom stereocenters. The highest BCUT2D eigenvalue weighted by Crippen LogP contribution is 2.29. The molecular formula is C17H22FN5O. The smallest absolute Gasteiger partial charge is 0.243 e. The van der Waals surface area contributed by atoms with E-state index in [0.29, 0.717) is 23.2 Å². The van der Waals surface area contributed by atoms with Crippen molar-refractivity contribution in [2.45, 2.75) is 45.7 Å². The molecule has 1 heterocycles. The first-order chi connectivity index (χ1) is 11.5. The third kappa shape index (κ3) is 3.77. The Labute approximate surface area is 140 Å². The first-order valence-electron chi connectivity index (χ1n) is 8.36. The molecule has 3 atom stereocenters. The van der Waals surface area contributed by atoms with E-state index in [2.05, 4.69) is 34.6 Å². The molecule has 0 bridgehead atoms. The van der Waals surface area contributed by atoms with Crippen molar-refractivity contribution in [3.8, 4) is 11.4 Å². The van der Waals surface area contributed by atoms with Gasteiger partial charge in [-0.2, -0.15) is 4.80 Å². The summed E-state index contributed by atoms with van der Waals surface area (Å²) in [7, 11) is 0. The van der Waals surface area contributed by atoms with E-state index in [4.69, 9.17) is 0 Å². The van der Waals surface area contributed by atoms with Crippen LogP contribution in [0.15, 0.2) is 24.3 Å². The number of carbonyl (C=O) groups excluding carboxylic acids is 1. The van der Waals surface area contributed by atoms with Gasteiger partial charge in [0.05, 0.1) is 0 Å². The van der Waals surface area contributed by atoms with Gasteiger partial charge in [-0.25, -0.2) is 4.39 Å². The number of nitrogens with one attached hydrogen (secondary N) is 1. The van der Waals surface area contributed by atoms with Gasteiger partial charge in [-0.3, -0.25) is 4.79 Å². The summed E-state index contributed by atoms with van der Waals surface area (Å²) in [6, 6.07) is 6.06. The number of tetrazole rings is 1. The van der Waals surface area contributed by atoms with Crippen LogP contribution in [0.3, 0.4) is 0 Å². The Morgan fingerprint density at radius 1 is 1.29 bits per heavy atom. The molecule has 1 amide bonds. The van der Waals surface area contributed by atoms with Crippen LogP contribution in [-0.4, -0.2) is 32.2 Å². The van der Waals surface area contributed by atoms with E-state index < -0.39 is 0 Å². The number of aromatic nitrogens is 4. The summed E-state index contributed by atoms with van der Waals surface area (Å²) < 4.78 is 12.9. The fourth-order valence-corrected chi connectivity index (χ4v) is 3.19. The van der Waals surface area contributed by atoms with Crippen LogP contribution in [0, 0.1) is 17.7 Å². The quantitative estimate of drug-likeness (QED) is 0.934. The monoisotopic (exact) mass is 331 g/mol. The Morgan fingerprint density at radius 3 is 2.79 bits per heavy atom.